The topological polar surface area (TPSA) is 61.6 Å². The first-order chi connectivity index (χ1) is 21.3. The molecule has 44 heavy (non-hydrogen) atoms. The van der Waals surface area contributed by atoms with Crippen LogP contribution in [0, 0.1) is 20.8 Å². The molecule has 7 rings (SSSR count). The van der Waals surface area contributed by atoms with E-state index in [1.807, 2.05) is 0 Å². The van der Waals surface area contributed by atoms with Gasteiger partial charge in [0.2, 0.25) is 0 Å². The number of carboxylic acids is 1. The van der Waals surface area contributed by atoms with E-state index in [1.165, 1.54) is 36.8 Å². The highest BCUT2D eigenvalue weighted by molar-refractivity contribution is 5.76. The molecule has 3 fully saturated rings. The summed E-state index contributed by atoms with van der Waals surface area (Å²) in [4.78, 5) is 22.6. The van der Waals surface area contributed by atoms with Crippen molar-refractivity contribution >= 4 is 17.0 Å². The van der Waals surface area contributed by atoms with Gasteiger partial charge in [-0.25, -0.2) is 4.98 Å². The van der Waals surface area contributed by atoms with Crippen LogP contribution >= 0.6 is 0 Å². The number of para-hydroxylation sites is 2. The summed E-state index contributed by atoms with van der Waals surface area (Å²) in [6, 6.07) is 27.0. The lowest BCUT2D eigenvalue weighted by molar-refractivity contribution is -0.144. The zero-order chi connectivity index (χ0) is 30.4. The maximum absolute atomic E-state index is 12.6. The molecule has 6 nitrogen and oxygen atoms in total. The lowest BCUT2D eigenvalue weighted by atomic mass is 9.70. The molecule has 3 saturated heterocycles. The first kappa shape index (κ1) is 29.2. The molecule has 0 saturated carbocycles. The van der Waals surface area contributed by atoms with Gasteiger partial charge in [0.15, 0.2) is 0 Å². The van der Waals surface area contributed by atoms with E-state index >= 15 is 0 Å². The van der Waals surface area contributed by atoms with Crippen molar-refractivity contribution in [3.8, 4) is 0 Å². The summed E-state index contributed by atoms with van der Waals surface area (Å²) in [5, 5.41) is 10.4. The number of hydrogen-bond acceptors (Lipinski definition) is 4. The van der Waals surface area contributed by atoms with Crippen LogP contribution in [0.5, 0.6) is 0 Å². The van der Waals surface area contributed by atoms with Crippen LogP contribution in [-0.4, -0.2) is 62.1 Å². The van der Waals surface area contributed by atoms with Gasteiger partial charge in [-0.15, -0.1) is 0 Å². The maximum Gasteiger partial charge on any atom is 0.325 e. The third-order valence-corrected chi connectivity index (χ3v) is 11.1. The fourth-order valence-corrected chi connectivity index (χ4v) is 9.15. The summed E-state index contributed by atoms with van der Waals surface area (Å²) >= 11 is 0. The first-order valence-corrected chi connectivity index (χ1v) is 16.6. The molecule has 0 spiro atoms. The SMILES string of the molecule is Cc1cc(C)cc(C(C(=O)O)N2CCC(CCN3[C@@H]4CC[C@H]3CC(n3c(C)nc5ccccc53)C4)(c3ccccc3)CC2)c1. The Balaban J connectivity index is 1.08. The monoisotopic (exact) mass is 590 g/mol. The fraction of sp³-hybridized carbons (Fsp3) is 0.474. The van der Waals surface area contributed by atoms with Crippen LogP contribution in [0.25, 0.3) is 11.0 Å². The van der Waals surface area contributed by atoms with Crippen LogP contribution in [0.1, 0.15) is 85.1 Å². The number of likely N-dealkylation sites (tertiary alicyclic amines) is 1. The van der Waals surface area contributed by atoms with Crippen LogP contribution in [0.3, 0.4) is 0 Å². The quantitative estimate of drug-likeness (QED) is 0.232. The Morgan fingerprint density at radius 3 is 2.18 bits per heavy atom. The van der Waals surface area contributed by atoms with Gasteiger partial charge >= 0.3 is 5.97 Å². The standard InChI is InChI=1S/C38H46N4O2/c1-26-21-27(2)23-29(22-26)36(37(43)44)40-18-15-38(16-19-40,30-9-5-4-6-10-30)17-20-41-31-13-14-32(41)25-33(24-31)42-28(3)39-34-11-7-8-12-35(34)42/h4-12,21-23,31-33,36H,13-20,24-25H2,1-3H3,(H,43,44)/t31-,32+,33?,36?. The van der Waals surface area contributed by atoms with Crippen molar-refractivity contribution in [3.05, 3.63) is 101 Å². The number of aromatic nitrogens is 2. The van der Waals surface area contributed by atoms with Gasteiger partial charge < -0.3 is 9.67 Å². The van der Waals surface area contributed by atoms with E-state index in [1.54, 1.807) is 0 Å². The van der Waals surface area contributed by atoms with E-state index in [2.05, 4.69) is 108 Å². The summed E-state index contributed by atoms with van der Waals surface area (Å²) in [5.74, 6) is 0.391. The minimum absolute atomic E-state index is 0.0662. The second kappa shape index (κ2) is 11.8. The zero-order valence-electron chi connectivity index (χ0n) is 26.5. The van der Waals surface area contributed by atoms with E-state index in [4.69, 9.17) is 4.98 Å². The predicted octanol–water partition coefficient (Wildman–Crippen LogP) is 7.38. The Morgan fingerprint density at radius 2 is 1.52 bits per heavy atom. The van der Waals surface area contributed by atoms with Crippen molar-refractivity contribution in [2.24, 2.45) is 0 Å². The van der Waals surface area contributed by atoms with E-state index in [9.17, 15) is 9.90 Å². The molecule has 1 aromatic heterocycles. The van der Waals surface area contributed by atoms with Gasteiger partial charge in [-0.1, -0.05) is 71.8 Å². The molecular formula is C38H46N4O2. The average Bonchev–Trinajstić information content (AvgIpc) is 3.47. The van der Waals surface area contributed by atoms with Crippen LogP contribution in [0.4, 0.5) is 0 Å². The molecule has 2 bridgehead atoms. The number of carboxylic acid groups (broad SMARTS) is 1. The third-order valence-electron chi connectivity index (χ3n) is 11.1. The molecule has 0 amide bonds. The van der Waals surface area contributed by atoms with Crippen LogP contribution < -0.4 is 0 Å². The van der Waals surface area contributed by atoms with Crippen molar-refractivity contribution in [1.29, 1.82) is 0 Å². The molecule has 4 atom stereocenters. The van der Waals surface area contributed by atoms with Gasteiger partial charge in [0.1, 0.15) is 11.9 Å². The Bertz CT molecular complexity index is 1600. The second-order valence-electron chi connectivity index (χ2n) is 13.9. The minimum Gasteiger partial charge on any atom is -0.480 e. The highest BCUT2D eigenvalue weighted by Gasteiger charge is 2.44. The Labute approximate surface area is 261 Å². The Hall–Kier alpha value is -3.48. The zero-order valence-corrected chi connectivity index (χ0v) is 26.5. The number of rotatable bonds is 8. The predicted molar refractivity (Wildman–Crippen MR) is 176 cm³/mol. The number of benzene rings is 3. The molecule has 4 heterocycles. The second-order valence-corrected chi connectivity index (χ2v) is 13.9. The maximum atomic E-state index is 12.6. The number of nitrogens with zero attached hydrogens (tertiary/aromatic N) is 4. The number of aryl methyl sites for hydroxylation is 3. The van der Waals surface area contributed by atoms with E-state index in [0.29, 0.717) is 18.1 Å². The molecule has 230 valence electrons. The van der Waals surface area contributed by atoms with Gasteiger partial charge in [0.05, 0.1) is 11.0 Å². The first-order valence-electron chi connectivity index (χ1n) is 16.6. The molecule has 3 aliphatic heterocycles. The summed E-state index contributed by atoms with van der Waals surface area (Å²) in [6.07, 6.45) is 8.05. The van der Waals surface area contributed by atoms with E-state index in [-0.39, 0.29) is 5.41 Å². The van der Waals surface area contributed by atoms with Gasteiger partial charge in [0, 0.05) is 31.2 Å². The summed E-state index contributed by atoms with van der Waals surface area (Å²) in [6.45, 7) is 8.97. The van der Waals surface area contributed by atoms with Crippen molar-refractivity contribution in [1.82, 2.24) is 19.4 Å². The van der Waals surface area contributed by atoms with E-state index < -0.39 is 12.0 Å². The highest BCUT2D eigenvalue weighted by Crippen LogP contribution is 2.45. The number of piperidine rings is 2. The van der Waals surface area contributed by atoms with Gasteiger partial charge in [0.25, 0.3) is 0 Å². The number of hydrogen-bond donors (Lipinski definition) is 1. The fourth-order valence-electron chi connectivity index (χ4n) is 9.15. The van der Waals surface area contributed by atoms with Crippen LogP contribution in [-0.2, 0) is 10.2 Å². The van der Waals surface area contributed by atoms with Crippen LogP contribution in [0.15, 0.2) is 72.8 Å². The number of aliphatic carboxylic acids is 1. The van der Waals surface area contributed by atoms with Gasteiger partial charge in [-0.05, 0) is 101 Å². The normalized spacial score (nSPS) is 24.5. The van der Waals surface area contributed by atoms with Gasteiger partial charge in [-0.2, -0.15) is 0 Å². The van der Waals surface area contributed by atoms with E-state index in [0.717, 1.165) is 66.9 Å². The third kappa shape index (κ3) is 5.37. The molecule has 4 aromatic rings. The molecule has 3 aromatic carbocycles. The highest BCUT2D eigenvalue weighted by atomic mass is 16.4. The van der Waals surface area contributed by atoms with Crippen LogP contribution in [0.2, 0.25) is 0 Å². The largest absolute Gasteiger partial charge is 0.480 e. The smallest absolute Gasteiger partial charge is 0.325 e. The van der Waals surface area contributed by atoms with Crippen molar-refractivity contribution in [3.63, 3.8) is 0 Å². The molecule has 3 aliphatic rings. The number of fused-ring (bicyclic) bond motifs is 3. The Morgan fingerprint density at radius 1 is 0.886 bits per heavy atom. The number of imidazole rings is 1. The molecule has 6 heteroatoms. The molecule has 0 radical (unpaired) electrons. The lowest BCUT2D eigenvalue weighted by Crippen LogP contribution is -2.49. The summed E-state index contributed by atoms with van der Waals surface area (Å²) < 4.78 is 2.52. The van der Waals surface area contributed by atoms with Crippen molar-refractivity contribution in [2.75, 3.05) is 19.6 Å². The van der Waals surface area contributed by atoms with Crippen molar-refractivity contribution in [2.45, 2.75) is 95.3 Å². The summed E-state index contributed by atoms with van der Waals surface area (Å²) in [7, 11) is 0. The van der Waals surface area contributed by atoms with Gasteiger partial charge in [-0.3, -0.25) is 14.6 Å². The molecule has 1 N–H and O–H groups in total. The average molecular weight is 591 g/mol. The molecule has 2 unspecified atom stereocenters. The molecular weight excluding hydrogens is 544 g/mol. The van der Waals surface area contributed by atoms with Crippen molar-refractivity contribution < 1.29 is 9.90 Å². The summed E-state index contributed by atoms with van der Waals surface area (Å²) in [5.41, 5.74) is 7.02. The lowest BCUT2D eigenvalue weighted by Gasteiger charge is -2.46. The Kier molecular flexibility index (Phi) is 7.84. The minimum atomic E-state index is -0.748. The molecule has 0 aliphatic carbocycles. The number of carbonyl (C=O) groups is 1.